The molecule has 0 aromatic carbocycles. The fourth-order valence-corrected chi connectivity index (χ4v) is 1.88. The summed E-state index contributed by atoms with van der Waals surface area (Å²) in [5.74, 6) is 0.402. The second-order valence-corrected chi connectivity index (χ2v) is 3.61. The Hall–Kier alpha value is -0.530. The first-order valence-corrected chi connectivity index (χ1v) is 4.00. The zero-order valence-corrected chi connectivity index (χ0v) is 6.39. The van der Waals surface area contributed by atoms with Crippen LogP contribution in [0.1, 0.15) is 25.7 Å². The molecule has 2 fully saturated rings. The van der Waals surface area contributed by atoms with Crippen molar-refractivity contribution in [2.24, 2.45) is 5.41 Å². The highest BCUT2D eigenvalue weighted by Gasteiger charge is 2.52. The van der Waals surface area contributed by atoms with Gasteiger partial charge < -0.3 is 4.90 Å². The van der Waals surface area contributed by atoms with E-state index in [0.29, 0.717) is 5.91 Å². The average molecular weight is 139 g/mol. The quantitative estimate of drug-likeness (QED) is 0.490. The molecule has 1 saturated heterocycles. The molecule has 10 heavy (non-hydrogen) atoms. The van der Waals surface area contributed by atoms with Gasteiger partial charge in [-0.1, -0.05) is 0 Å². The minimum atomic E-state index is 0.146. The number of nitrogens with zero attached hydrogens (tertiary/aromatic N) is 1. The van der Waals surface area contributed by atoms with Gasteiger partial charge in [0.1, 0.15) is 0 Å². The molecule has 2 nitrogen and oxygen atoms in total. The Labute approximate surface area is 61.2 Å². The van der Waals surface area contributed by atoms with E-state index in [0.717, 1.165) is 25.8 Å². The van der Waals surface area contributed by atoms with E-state index in [1.807, 2.05) is 11.9 Å². The summed E-state index contributed by atoms with van der Waals surface area (Å²) < 4.78 is 0. The Balaban J connectivity index is 2.15. The van der Waals surface area contributed by atoms with Gasteiger partial charge in [0.25, 0.3) is 0 Å². The van der Waals surface area contributed by atoms with Crippen LogP contribution in [0, 0.1) is 5.41 Å². The minimum absolute atomic E-state index is 0.146. The second-order valence-electron chi connectivity index (χ2n) is 3.61. The van der Waals surface area contributed by atoms with E-state index in [9.17, 15) is 4.79 Å². The number of likely N-dealkylation sites (tertiary alicyclic amines) is 1. The summed E-state index contributed by atoms with van der Waals surface area (Å²) in [5, 5.41) is 0. The van der Waals surface area contributed by atoms with Gasteiger partial charge in [0.05, 0.1) is 0 Å². The molecule has 2 rings (SSSR count). The Morgan fingerprint density at radius 1 is 1.40 bits per heavy atom. The molecule has 1 spiro atoms. The molecular formula is C8H13NO. The summed E-state index contributed by atoms with van der Waals surface area (Å²) in [6.45, 7) is 0.973. The van der Waals surface area contributed by atoms with Crippen molar-refractivity contribution in [2.45, 2.75) is 25.7 Å². The van der Waals surface area contributed by atoms with E-state index >= 15 is 0 Å². The Morgan fingerprint density at radius 3 is 2.60 bits per heavy atom. The van der Waals surface area contributed by atoms with Crippen molar-refractivity contribution in [3.63, 3.8) is 0 Å². The van der Waals surface area contributed by atoms with Crippen LogP contribution in [-0.4, -0.2) is 24.4 Å². The molecule has 0 aromatic rings. The smallest absolute Gasteiger partial charge is 0.228 e. The van der Waals surface area contributed by atoms with Crippen LogP contribution >= 0.6 is 0 Å². The first kappa shape index (κ1) is 6.20. The van der Waals surface area contributed by atoms with E-state index in [-0.39, 0.29) is 5.41 Å². The van der Waals surface area contributed by atoms with Crippen LogP contribution in [0.3, 0.4) is 0 Å². The lowest BCUT2D eigenvalue weighted by Gasteiger charge is -2.28. The number of carbonyl (C=O) groups excluding carboxylic acids is 1. The van der Waals surface area contributed by atoms with Crippen LogP contribution in [-0.2, 0) is 4.79 Å². The maximum atomic E-state index is 11.4. The second kappa shape index (κ2) is 1.74. The molecule has 1 aliphatic heterocycles. The molecule has 1 heterocycles. The largest absolute Gasteiger partial charge is 0.345 e. The van der Waals surface area contributed by atoms with Crippen LogP contribution in [0.15, 0.2) is 0 Å². The van der Waals surface area contributed by atoms with Gasteiger partial charge in [-0.15, -0.1) is 0 Å². The monoisotopic (exact) mass is 139 g/mol. The highest BCUT2D eigenvalue weighted by Crippen LogP contribution is 2.52. The number of hydrogen-bond acceptors (Lipinski definition) is 1. The fraction of sp³-hybridized carbons (Fsp3) is 0.875. The van der Waals surface area contributed by atoms with Crippen molar-refractivity contribution < 1.29 is 4.79 Å². The summed E-state index contributed by atoms with van der Waals surface area (Å²) in [6, 6.07) is 0. The molecule has 0 unspecified atom stereocenters. The lowest BCUT2D eigenvalue weighted by atomic mass is 9.94. The van der Waals surface area contributed by atoms with E-state index in [1.54, 1.807) is 0 Å². The standard InChI is InChI=1S/C8H13NO/c1-9-6-2-3-8(4-5-8)7(9)10/h2-6H2,1H3. The lowest BCUT2D eigenvalue weighted by Crippen LogP contribution is -2.39. The highest BCUT2D eigenvalue weighted by molar-refractivity contribution is 5.85. The summed E-state index contributed by atoms with van der Waals surface area (Å²) in [6.07, 6.45) is 4.66. The third-order valence-electron chi connectivity index (χ3n) is 2.80. The Morgan fingerprint density at radius 2 is 2.10 bits per heavy atom. The lowest BCUT2D eigenvalue weighted by molar-refractivity contribution is -0.138. The summed E-state index contributed by atoms with van der Waals surface area (Å²) >= 11 is 0. The average Bonchev–Trinajstić information content (AvgIpc) is 2.65. The van der Waals surface area contributed by atoms with Crippen molar-refractivity contribution >= 4 is 5.91 Å². The minimum Gasteiger partial charge on any atom is -0.345 e. The molecule has 0 radical (unpaired) electrons. The van der Waals surface area contributed by atoms with Gasteiger partial charge in [0.15, 0.2) is 0 Å². The van der Waals surface area contributed by atoms with Crippen molar-refractivity contribution in [2.75, 3.05) is 13.6 Å². The van der Waals surface area contributed by atoms with Gasteiger partial charge in [0.2, 0.25) is 5.91 Å². The first-order valence-electron chi connectivity index (χ1n) is 4.00. The molecule has 56 valence electrons. The number of piperidine rings is 1. The van der Waals surface area contributed by atoms with Crippen LogP contribution in [0.2, 0.25) is 0 Å². The molecule has 1 saturated carbocycles. The Kier molecular flexibility index (Phi) is 1.08. The summed E-state index contributed by atoms with van der Waals surface area (Å²) in [5.41, 5.74) is 0.146. The summed E-state index contributed by atoms with van der Waals surface area (Å²) in [7, 11) is 1.92. The zero-order valence-electron chi connectivity index (χ0n) is 6.39. The van der Waals surface area contributed by atoms with Gasteiger partial charge >= 0.3 is 0 Å². The van der Waals surface area contributed by atoms with Crippen molar-refractivity contribution in [3.8, 4) is 0 Å². The number of hydrogen-bond donors (Lipinski definition) is 0. The number of rotatable bonds is 0. The van der Waals surface area contributed by atoms with E-state index in [2.05, 4.69) is 0 Å². The maximum absolute atomic E-state index is 11.4. The van der Waals surface area contributed by atoms with E-state index < -0.39 is 0 Å². The number of carbonyl (C=O) groups is 1. The van der Waals surface area contributed by atoms with Crippen molar-refractivity contribution in [1.29, 1.82) is 0 Å². The van der Waals surface area contributed by atoms with Crippen LogP contribution in [0.5, 0.6) is 0 Å². The normalized spacial score (nSPS) is 29.3. The molecule has 0 bridgehead atoms. The molecule has 2 aliphatic rings. The van der Waals surface area contributed by atoms with Crippen molar-refractivity contribution in [3.05, 3.63) is 0 Å². The third kappa shape index (κ3) is 0.678. The Bertz CT molecular complexity index is 172. The number of amides is 1. The van der Waals surface area contributed by atoms with Crippen molar-refractivity contribution in [1.82, 2.24) is 4.90 Å². The van der Waals surface area contributed by atoms with Crippen LogP contribution < -0.4 is 0 Å². The summed E-state index contributed by atoms with van der Waals surface area (Å²) in [4.78, 5) is 13.3. The molecule has 0 N–H and O–H groups in total. The maximum Gasteiger partial charge on any atom is 0.228 e. The molecule has 1 aliphatic carbocycles. The third-order valence-corrected chi connectivity index (χ3v) is 2.80. The van der Waals surface area contributed by atoms with Gasteiger partial charge in [-0.05, 0) is 25.7 Å². The first-order chi connectivity index (χ1) is 4.75. The van der Waals surface area contributed by atoms with Gasteiger partial charge in [0, 0.05) is 19.0 Å². The van der Waals surface area contributed by atoms with Gasteiger partial charge in [-0.2, -0.15) is 0 Å². The topological polar surface area (TPSA) is 20.3 Å². The molecule has 0 atom stereocenters. The highest BCUT2D eigenvalue weighted by atomic mass is 16.2. The van der Waals surface area contributed by atoms with Gasteiger partial charge in [-0.25, -0.2) is 0 Å². The SMILES string of the molecule is CN1CCCC2(CC2)C1=O. The fourth-order valence-electron chi connectivity index (χ4n) is 1.88. The molecule has 0 aromatic heterocycles. The van der Waals surface area contributed by atoms with Crippen LogP contribution in [0.25, 0.3) is 0 Å². The van der Waals surface area contributed by atoms with E-state index in [4.69, 9.17) is 0 Å². The molecular weight excluding hydrogens is 126 g/mol. The molecule has 1 amide bonds. The predicted molar refractivity (Wildman–Crippen MR) is 38.5 cm³/mol. The van der Waals surface area contributed by atoms with E-state index in [1.165, 1.54) is 6.42 Å². The molecule has 2 heteroatoms. The van der Waals surface area contributed by atoms with Crippen LogP contribution in [0.4, 0.5) is 0 Å². The predicted octanol–water partition coefficient (Wildman–Crippen LogP) is 1.02. The van der Waals surface area contributed by atoms with Gasteiger partial charge in [-0.3, -0.25) is 4.79 Å². The zero-order chi connectivity index (χ0) is 7.19.